The number of benzene rings is 1. The maximum Gasteiger partial charge on any atom is 0.237 e. The van der Waals surface area contributed by atoms with E-state index in [0.717, 1.165) is 24.9 Å². The number of nitrogens with zero attached hydrogens (tertiary/aromatic N) is 1. The smallest absolute Gasteiger partial charge is 0.237 e. The average Bonchev–Trinajstić information content (AvgIpc) is 3.05. The van der Waals surface area contributed by atoms with E-state index in [1.807, 2.05) is 35.2 Å². The molecule has 1 spiro atoms. The molecule has 2 unspecified atom stereocenters. The van der Waals surface area contributed by atoms with Crippen LogP contribution in [0.4, 0.5) is 5.69 Å². The second-order valence-electron chi connectivity index (χ2n) is 5.93. The van der Waals surface area contributed by atoms with Crippen LogP contribution < -0.4 is 4.90 Å². The van der Waals surface area contributed by atoms with Crippen molar-refractivity contribution in [3.8, 4) is 0 Å². The molecular formula is C15H19NO4. The van der Waals surface area contributed by atoms with Crippen LogP contribution in [-0.2, 0) is 19.6 Å². The summed E-state index contributed by atoms with van der Waals surface area (Å²) in [7, 11) is 0. The zero-order valence-electron chi connectivity index (χ0n) is 11.4. The van der Waals surface area contributed by atoms with Crippen LogP contribution in [-0.4, -0.2) is 19.2 Å². The Hall–Kier alpha value is -1.14. The van der Waals surface area contributed by atoms with Gasteiger partial charge in [-0.05, 0) is 37.3 Å². The van der Waals surface area contributed by atoms with Crippen molar-refractivity contribution in [2.24, 2.45) is 11.8 Å². The lowest BCUT2D eigenvalue weighted by Gasteiger charge is -2.37. The average molecular weight is 277 g/mol. The van der Waals surface area contributed by atoms with Gasteiger partial charge in [0.2, 0.25) is 5.79 Å². The molecule has 0 amide bonds. The second kappa shape index (κ2) is 5.00. The van der Waals surface area contributed by atoms with Gasteiger partial charge < -0.3 is 4.90 Å². The van der Waals surface area contributed by atoms with Crippen LogP contribution in [0.2, 0.25) is 0 Å². The van der Waals surface area contributed by atoms with Gasteiger partial charge in [-0.3, -0.25) is 0 Å². The van der Waals surface area contributed by atoms with E-state index in [1.54, 1.807) is 0 Å². The molecule has 0 aromatic heterocycles. The molecule has 2 aliphatic carbocycles. The van der Waals surface area contributed by atoms with E-state index in [1.165, 1.54) is 6.42 Å². The summed E-state index contributed by atoms with van der Waals surface area (Å²) >= 11 is 0. The van der Waals surface area contributed by atoms with Gasteiger partial charge in [-0.1, -0.05) is 18.2 Å². The number of fused-ring (bicyclic) bond motifs is 3. The lowest BCUT2D eigenvalue weighted by molar-refractivity contribution is -0.532. The van der Waals surface area contributed by atoms with E-state index in [0.29, 0.717) is 25.3 Å². The molecule has 3 fully saturated rings. The van der Waals surface area contributed by atoms with Crippen molar-refractivity contribution in [1.29, 1.82) is 0 Å². The molecule has 1 aliphatic heterocycles. The topological polar surface area (TPSA) is 40.2 Å². The zero-order chi connectivity index (χ0) is 13.4. The van der Waals surface area contributed by atoms with Gasteiger partial charge in [-0.2, -0.15) is 9.78 Å². The largest absolute Gasteiger partial charge is 0.320 e. The lowest BCUT2D eigenvalue weighted by atomic mass is 9.94. The van der Waals surface area contributed by atoms with Crippen molar-refractivity contribution in [3.05, 3.63) is 30.3 Å². The molecule has 2 atom stereocenters. The maximum atomic E-state index is 5.63. The fourth-order valence-corrected chi connectivity index (χ4v) is 3.65. The Morgan fingerprint density at radius 2 is 1.75 bits per heavy atom. The molecule has 0 radical (unpaired) electrons. The first kappa shape index (κ1) is 12.6. The summed E-state index contributed by atoms with van der Waals surface area (Å²) in [6.45, 7) is 0.680. The van der Waals surface area contributed by atoms with E-state index in [-0.39, 0.29) is 0 Å². The third-order valence-electron chi connectivity index (χ3n) is 4.67. The van der Waals surface area contributed by atoms with Crippen LogP contribution in [0.5, 0.6) is 0 Å². The molecule has 1 saturated heterocycles. The van der Waals surface area contributed by atoms with Gasteiger partial charge in [0.1, 0.15) is 0 Å². The van der Waals surface area contributed by atoms with Crippen molar-refractivity contribution in [2.45, 2.75) is 31.5 Å². The summed E-state index contributed by atoms with van der Waals surface area (Å²) in [5, 5.41) is 0. The number of hydrogen-bond donors (Lipinski definition) is 0. The molecule has 1 heterocycles. The number of para-hydroxylation sites is 1. The van der Waals surface area contributed by atoms with Crippen molar-refractivity contribution in [3.63, 3.8) is 0 Å². The number of hydrogen-bond acceptors (Lipinski definition) is 5. The Labute approximate surface area is 118 Å². The Bertz CT molecular complexity index is 456. The molecule has 4 rings (SSSR count). The van der Waals surface area contributed by atoms with Gasteiger partial charge in [-0.15, -0.1) is 0 Å². The van der Waals surface area contributed by atoms with E-state index in [4.69, 9.17) is 19.6 Å². The van der Waals surface area contributed by atoms with Crippen LogP contribution in [0.25, 0.3) is 0 Å². The summed E-state index contributed by atoms with van der Waals surface area (Å²) in [5.74, 6) is 0.415. The fraction of sp³-hybridized carbons (Fsp3) is 0.600. The Kier molecular flexibility index (Phi) is 3.15. The molecule has 1 aromatic carbocycles. The monoisotopic (exact) mass is 277 g/mol. The predicted octanol–water partition coefficient (Wildman–Crippen LogP) is 2.83. The molecule has 2 bridgehead atoms. The van der Waals surface area contributed by atoms with Crippen molar-refractivity contribution in [2.75, 3.05) is 18.4 Å². The van der Waals surface area contributed by atoms with Crippen molar-refractivity contribution >= 4 is 5.69 Å². The Morgan fingerprint density at radius 3 is 2.35 bits per heavy atom. The summed E-state index contributed by atoms with van der Waals surface area (Å²) < 4.78 is 0. The van der Waals surface area contributed by atoms with Gasteiger partial charge in [0, 0.05) is 18.0 Å². The molecule has 2 saturated carbocycles. The first-order chi connectivity index (χ1) is 9.86. The molecule has 20 heavy (non-hydrogen) atoms. The van der Waals surface area contributed by atoms with Crippen LogP contribution in [0.3, 0.4) is 0 Å². The SMILES string of the molecule is c1ccc(N2COOC3(CC4CCC3C4)OOC2)cc1. The summed E-state index contributed by atoms with van der Waals surface area (Å²) in [4.78, 5) is 24.1. The maximum absolute atomic E-state index is 5.63. The number of rotatable bonds is 1. The third-order valence-corrected chi connectivity index (χ3v) is 4.67. The Balaban J connectivity index is 1.43. The van der Waals surface area contributed by atoms with Gasteiger partial charge in [0.25, 0.3) is 0 Å². The highest BCUT2D eigenvalue weighted by Gasteiger charge is 2.56. The molecule has 5 heteroatoms. The number of anilines is 1. The van der Waals surface area contributed by atoms with E-state index in [2.05, 4.69) is 0 Å². The lowest BCUT2D eigenvalue weighted by Crippen LogP contribution is -2.46. The molecule has 1 aromatic rings. The molecule has 3 aliphatic rings. The molecule has 5 nitrogen and oxygen atoms in total. The van der Waals surface area contributed by atoms with Crippen molar-refractivity contribution in [1.82, 2.24) is 0 Å². The van der Waals surface area contributed by atoms with Crippen molar-refractivity contribution < 1.29 is 19.6 Å². The standard InChI is InChI=1S/C15H19NO4/c1-2-4-14(5-3-1)16-10-17-19-15(20-18-11-16)9-12-6-7-13(15)8-12/h1-5,12-13H,6-11H2. The van der Waals surface area contributed by atoms with Gasteiger partial charge >= 0.3 is 0 Å². The molecule has 108 valence electrons. The summed E-state index contributed by atoms with van der Waals surface area (Å²) in [6.07, 6.45) is 4.45. The Morgan fingerprint density at radius 1 is 1.00 bits per heavy atom. The van der Waals surface area contributed by atoms with E-state index in [9.17, 15) is 0 Å². The third kappa shape index (κ3) is 2.11. The first-order valence-corrected chi connectivity index (χ1v) is 7.27. The van der Waals surface area contributed by atoms with Crippen LogP contribution in [0.1, 0.15) is 25.7 Å². The van der Waals surface area contributed by atoms with E-state index < -0.39 is 5.79 Å². The van der Waals surface area contributed by atoms with Crippen LogP contribution in [0.15, 0.2) is 30.3 Å². The van der Waals surface area contributed by atoms with Gasteiger partial charge in [0.15, 0.2) is 13.5 Å². The second-order valence-corrected chi connectivity index (χ2v) is 5.93. The van der Waals surface area contributed by atoms with Crippen LogP contribution in [0, 0.1) is 11.8 Å². The minimum absolute atomic E-state index is 0.340. The minimum atomic E-state index is -0.675. The molecule has 0 N–H and O–H groups in total. The summed E-state index contributed by atoms with van der Waals surface area (Å²) in [5.41, 5.74) is 1.02. The summed E-state index contributed by atoms with van der Waals surface area (Å²) in [6, 6.07) is 9.94. The zero-order valence-corrected chi connectivity index (χ0v) is 11.4. The highest BCUT2D eigenvalue weighted by molar-refractivity contribution is 5.44. The van der Waals surface area contributed by atoms with Gasteiger partial charge in [-0.25, -0.2) is 9.78 Å². The first-order valence-electron chi connectivity index (χ1n) is 7.27. The minimum Gasteiger partial charge on any atom is -0.320 e. The van der Waals surface area contributed by atoms with E-state index >= 15 is 0 Å². The fourth-order valence-electron chi connectivity index (χ4n) is 3.65. The van der Waals surface area contributed by atoms with Gasteiger partial charge in [0.05, 0.1) is 0 Å². The highest BCUT2D eigenvalue weighted by atomic mass is 17.3. The van der Waals surface area contributed by atoms with Crippen LogP contribution >= 0.6 is 0 Å². The predicted molar refractivity (Wildman–Crippen MR) is 71.2 cm³/mol. The quantitative estimate of drug-likeness (QED) is 0.738. The normalized spacial score (nSPS) is 32.3. The molecular weight excluding hydrogens is 258 g/mol. The highest BCUT2D eigenvalue weighted by Crippen LogP contribution is 2.53.